The van der Waals surface area contributed by atoms with Crippen LogP contribution in [0.2, 0.25) is 0 Å². The number of carbonyl (C=O) groups is 1. The Balaban J connectivity index is 1.27. The number of urea groups is 1. The molecular weight excluding hydrogens is 488 g/mol. The Bertz CT molecular complexity index is 1590. The molecule has 198 valence electrons. The lowest BCUT2D eigenvalue weighted by atomic mass is 10.0. The van der Waals surface area contributed by atoms with Gasteiger partial charge in [0.15, 0.2) is 0 Å². The molecule has 0 aliphatic carbocycles. The monoisotopic (exact) mass is 520 g/mol. The van der Waals surface area contributed by atoms with E-state index < -0.39 is 0 Å². The first-order valence-corrected chi connectivity index (χ1v) is 13.7. The van der Waals surface area contributed by atoms with Gasteiger partial charge in [0.05, 0.1) is 0 Å². The van der Waals surface area contributed by atoms with Crippen molar-refractivity contribution in [3.8, 4) is 11.3 Å². The summed E-state index contributed by atoms with van der Waals surface area (Å²) in [6.07, 6.45) is 2.85. The number of fused-ring (bicyclic) bond motifs is 2. The van der Waals surface area contributed by atoms with Crippen molar-refractivity contribution in [1.82, 2.24) is 25.3 Å². The summed E-state index contributed by atoms with van der Waals surface area (Å²) in [4.78, 5) is 26.7. The molecule has 2 amide bonds. The number of nitrogens with one attached hydrogen (secondary N) is 1. The van der Waals surface area contributed by atoms with E-state index in [0.29, 0.717) is 38.4 Å². The summed E-state index contributed by atoms with van der Waals surface area (Å²) in [6, 6.07) is 24.5. The average Bonchev–Trinajstić information content (AvgIpc) is 3.43. The second kappa shape index (κ2) is 11.1. The number of aryl methyl sites for hydroxylation is 1. The van der Waals surface area contributed by atoms with E-state index in [1.165, 1.54) is 5.39 Å². The Morgan fingerprint density at radius 2 is 1.69 bits per heavy atom. The summed E-state index contributed by atoms with van der Waals surface area (Å²) in [6.45, 7) is 5.22. The van der Waals surface area contributed by atoms with Crippen LogP contribution in [0.25, 0.3) is 33.1 Å². The molecule has 6 rings (SSSR count). The maximum Gasteiger partial charge on any atom is 0.317 e. The average molecular weight is 521 g/mol. The molecule has 1 N–H and O–H groups in total. The molecular formula is C31H32N6O2. The van der Waals surface area contributed by atoms with Gasteiger partial charge in [-0.05, 0) is 28.8 Å². The van der Waals surface area contributed by atoms with E-state index in [1.54, 1.807) is 0 Å². The Labute approximate surface area is 227 Å². The predicted molar refractivity (Wildman–Crippen MR) is 154 cm³/mol. The van der Waals surface area contributed by atoms with Crippen LogP contribution in [-0.2, 0) is 13.0 Å². The van der Waals surface area contributed by atoms with Gasteiger partial charge in [0.1, 0.15) is 22.7 Å². The maximum absolute atomic E-state index is 12.8. The van der Waals surface area contributed by atoms with Crippen molar-refractivity contribution in [3.05, 3.63) is 84.2 Å². The number of hydrogen-bond donors (Lipinski definition) is 1. The summed E-state index contributed by atoms with van der Waals surface area (Å²) in [5.74, 6) is 1.60. The number of hydrogen-bond acceptors (Lipinski definition) is 6. The number of amides is 2. The minimum atomic E-state index is -0.0446. The SMILES string of the molecule is CCCCc1nc(N2CCN(C(=O)NCc3ccccc3)CC2)c2c(-c3ccc4ccccc4c3)noc2n1. The first kappa shape index (κ1) is 24.9. The molecule has 1 fully saturated rings. The largest absolute Gasteiger partial charge is 0.352 e. The minimum Gasteiger partial charge on any atom is -0.352 e. The number of carbonyl (C=O) groups excluding carboxylic acids is 1. The van der Waals surface area contributed by atoms with E-state index in [2.05, 4.69) is 52.6 Å². The van der Waals surface area contributed by atoms with Crippen molar-refractivity contribution < 1.29 is 9.32 Å². The van der Waals surface area contributed by atoms with Gasteiger partial charge in [0.25, 0.3) is 5.71 Å². The van der Waals surface area contributed by atoms with E-state index in [9.17, 15) is 4.79 Å². The molecule has 0 bridgehead atoms. The van der Waals surface area contributed by atoms with Gasteiger partial charge >= 0.3 is 6.03 Å². The lowest BCUT2D eigenvalue weighted by Crippen LogP contribution is -2.52. The van der Waals surface area contributed by atoms with Gasteiger partial charge in [-0.3, -0.25) is 0 Å². The highest BCUT2D eigenvalue weighted by Gasteiger charge is 2.27. The number of rotatable bonds is 7. The van der Waals surface area contributed by atoms with Crippen molar-refractivity contribution in [2.45, 2.75) is 32.7 Å². The zero-order valence-electron chi connectivity index (χ0n) is 22.1. The Hall–Kier alpha value is -4.46. The van der Waals surface area contributed by atoms with E-state index >= 15 is 0 Å². The molecule has 1 aliphatic heterocycles. The van der Waals surface area contributed by atoms with Crippen LogP contribution in [0, 0.1) is 0 Å². The zero-order chi connectivity index (χ0) is 26.6. The first-order valence-electron chi connectivity index (χ1n) is 13.7. The normalized spacial score (nSPS) is 13.8. The molecule has 3 aromatic carbocycles. The molecule has 0 unspecified atom stereocenters. The van der Waals surface area contributed by atoms with Crippen LogP contribution < -0.4 is 10.2 Å². The second-order valence-electron chi connectivity index (χ2n) is 9.96. The molecule has 5 aromatic rings. The third-order valence-corrected chi connectivity index (χ3v) is 7.29. The van der Waals surface area contributed by atoms with Crippen LogP contribution in [0.15, 0.2) is 77.3 Å². The fourth-order valence-corrected chi connectivity index (χ4v) is 5.10. The van der Waals surface area contributed by atoms with Crippen molar-refractivity contribution in [2.75, 3.05) is 31.1 Å². The van der Waals surface area contributed by atoms with E-state index in [-0.39, 0.29) is 6.03 Å². The molecule has 0 saturated carbocycles. The fourth-order valence-electron chi connectivity index (χ4n) is 5.10. The molecule has 39 heavy (non-hydrogen) atoms. The van der Waals surface area contributed by atoms with E-state index in [4.69, 9.17) is 14.5 Å². The smallest absolute Gasteiger partial charge is 0.317 e. The topological polar surface area (TPSA) is 87.4 Å². The maximum atomic E-state index is 12.8. The van der Waals surface area contributed by atoms with Gasteiger partial charge in [-0.25, -0.2) is 9.78 Å². The zero-order valence-corrected chi connectivity index (χ0v) is 22.1. The fraction of sp³-hybridized carbons (Fsp3) is 0.290. The summed E-state index contributed by atoms with van der Waals surface area (Å²) >= 11 is 0. The third kappa shape index (κ3) is 5.27. The lowest BCUT2D eigenvalue weighted by molar-refractivity contribution is 0.194. The van der Waals surface area contributed by atoms with Gasteiger partial charge in [0, 0.05) is 44.7 Å². The summed E-state index contributed by atoms with van der Waals surface area (Å²) < 4.78 is 5.80. The number of nitrogens with zero attached hydrogens (tertiary/aromatic N) is 5. The summed E-state index contributed by atoms with van der Waals surface area (Å²) in [7, 11) is 0. The number of unbranched alkanes of at least 4 members (excludes halogenated alkanes) is 1. The number of anilines is 1. The number of aromatic nitrogens is 3. The second-order valence-corrected chi connectivity index (χ2v) is 9.96. The van der Waals surface area contributed by atoms with Crippen molar-refractivity contribution in [3.63, 3.8) is 0 Å². The Morgan fingerprint density at radius 1 is 0.923 bits per heavy atom. The molecule has 1 saturated heterocycles. The molecule has 8 nitrogen and oxygen atoms in total. The Morgan fingerprint density at radius 3 is 2.49 bits per heavy atom. The summed E-state index contributed by atoms with van der Waals surface area (Å²) in [5.41, 5.74) is 3.31. The number of benzene rings is 3. The highest BCUT2D eigenvalue weighted by Crippen LogP contribution is 2.35. The van der Waals surface area contributed by atoms with Crippen molar-refractivity contribution >= 4 is 33.7 Å². The molecule has 8 heteroatoms. The molecule has 3 heterocycles. The van der Waals surface area contributed by atoms with E-state index in [1.807, 2.05) is 47.4 Å². The van der Waals surface area contributed by atoms with Gasteiger partial charge in [-0.15, -0.1) is 0 Å². The van der Waals surface area contributed by atoms with Crippen LogP contribution >= 0.6 is 0 Å². The number of piperazine rings is 1. The van der Waals surface area contributed by atoms with Gasteiger partial charge in [-0.1, -0.05) is 85.2 Å². The molecule has 0 radical (unpaired) electrons. The quantitative estimate of drug-likeness (QED) is 0.291. The van der Waals surface area contributed by atoms with Crippen LogP contribution in [0.3, 0.4) is 0 Å². The third-order valence-electron chi connectivity index (χ3n) is 7.29. The summed E-state index contributed by atoms with van der Waals surface area (Å²) in [5, 5.41) is 10.7. The standard InChI is InChI=1S/C31H32N6O2/c1-2-3-13-26-33-29(36-16-18-37(19-17-36)31(38)32-21-22-9-5-4-6-10-22)27-28(35-39-30(27)34-26)25-15-14-23-11-7-8-12-24(23)20-25/h4-12,14-15,20H,2-3,13,16-19,21H2,1H3,(H,32,38). The lowest BCUT2D eigenvalue weighted by Gasteiger charge is -2.35. The van der Waals surface area contributed by atoms with Crippen molar-refractivity contribution in [1.29, 1.82) is 0 Å². The molecule has 0 atom stereocenters. The van der Waals surface area contributed by atoms with Crippen LogP contribution in [0.5, 0.6) is 0 Å². The molecule has 2 aromatic heterocycles. The van der Waals surface area contributed by atoms with Gasteiger partial charge < -0.3 is 19.6 Å². The van der Waals surface area contributed by atoms with Crippen LogP contribution in [0.4, 0.5) is 10.6 Å². The van der Waals surface area contributed by atoms with Crippen LogP contribution in [0.1, 0.15) is 31.2 Å². The van der Waals surface area contributed by atoms with Crippen LogP contribution in [-0.4, -0.2) is 52.2 Å². The van der Waals surface area contributed by atoms with Gasteiger partial charge in [0.2, 0.25) is 0 Å². The van der Waals surface area contributed by atoms with Crippen molar-refractivity contribution in [2.24, 2.45) is 0 Å². The van der Waals surface area contributed by atoms with E-state index in [0.717, 1.165) is 58.5 Å². The minimum absolute atomic E-state index is 0.0446. The predicted octanol–water partition coefficient (Wildman–Crippen LogP) is 5.81. The molecule has 1 aliphatic rings. The van der Waals surface area contributed by atoms with Gasteiger partial charge in [-0.2, -0.15) is 4.98 Å². The first-order chi connectivity index (χ1) is 19.2. The highest BCUT2D eigenvalue weighted by atomic mass is 16.5. The Kier molecular flexibility index (Phi) is 7.08. The molecule has 0 spiro atoms. The highest BCUT2D eigenvalue weighted by molar-refractivity contribution is 6.00.